The van der Waals surface area contributed by atoms with Crippen LogP contribution in [0.2, 0.25) is 10.0 Å². The highest BCUT2D eigenvalue weighted by molar-refractivity contribution is 6.35. The van der Waals surface area contributed by atoms with Crippen LogP contribution in [-0.2, 0) is 4.74 Å². The lowest BCUT2D eigenvalue weighted by atomic mass is 10.3. The van der Waals surface area contributed by atoms with Gasteiger partial charge in [0.25, 0.3) is 0 Å². The van der Waals surface area contributed by atoms with Gasteiger partial charge in [-0.05, 0) is 18.2 Å². The summed E-state index contributed by atoms with van der Waals surface area (Å²) in [6.45, 7) is 2.00. The highest BCUT2D eigenvalue weighted by Gasteiger charge is 2.01. The summed E-state index contributed by atoms with van der Waals surface area (Å²) >= 11 is 11.6. The molecule has 0 heterocycles. The fourth-order valence-electron chi connectivity index (χ4n) is 0.988. The zero-order valence-electron chi connectivity index (χ0n) is 8.21. The number of hydrogen-bond acceptors (Lipinski definition) is 3. The Morgan fingerprint density at radius 2 is 1.93 bits per heavy atom. The maximum absolute atomic E-state index is 5.90. The Morgan fingerprint density at radius 3 is 2.60 bits per heavy atom. The first-order valence-electron chi connectivity index (χ1n) is 4.59. The van der Waals surface area contributed by atoms with Crippen LogP contribution >= 0.6 is 23.2 Å². The lowest BCUT2D eigenvalue weighted by molar-refractivity contribution is 0.106. The van der Waals surface area contributed by atoms with Crippen LogP contribution in [0.25, 0.3) is 0 Å². The van der Waals surface area contributed by atoms with E-state index in [1.165, 1.54) is 0 Å². The molecule has 0 aliphatic heterocycles. The number of benzene rings is 1. The van der Waals surface area contributed by atoms with E-state index in [0.717, 1.165) is 0 Å². The summed E-state index contributed by atoms with van der Waals surface area (Å²) in [4.78, 5) is 0. The van der Waals surface area contributed by atoms with Crippen molar-refractivity contribution >= 4 is 23.2 Å². The first kappa shape index (κ1) is 12.6. The number of rotatable bonds is 6. The van der Waals surface area contributed by atoms with E-state index in [1.807, 2.05) is 0 Å². The maximum atomic E-state index is 5.90. The number of hydrogen-bond donors (Lipinski definition) is 1. The van der Waals surface area contributed by atoms with Crippen molar-refractivity contribution in [1.82, 2.24) is 0 Å². The average Bonchev–Trinajstić information content (AvgIpc) is 2.20. The highest BCUT2D eigenvalue weighted by atomic mass is 35.5. The molecule has 15 heavy (non-hydrogen) atoms. The second kappa shape index (κ2) is 6.90. The zero-order valence-corrected chi connectivity index (χ0v) is 9.72. The molecular formula is C10H13Cl2NO2. The fourth-order valence-corrected chi connectivity index (χ4v) is 1.45. The van der Waals surface area contributed by atoms with Gasteiger partial charge in [0.05, 0.1) is 18.2 Å². The van der Waals surface area contributed by atoms with E-state index in [-0.39, 0.29) is 0 Å². The molecule has 0 saturated carbocycles. The summed E-state index contributed by atoms with van der Waals surface area (Å²) < 4.78 is 10.5. The van der Waals surface area contributed by atoms with Crippen molar-refractivity contribution in [3.05, 3.63) is 28.2 Å². The third-order valence-corrected chi connectivity index (χ3v) is 2.17. The van der Waals surface area contributed by atoms with Gasteiger partial charge in [0, 0.05) is 11.6 Å². The molecule has 0 aliphatic rings. The monoisotopic (exact) mass is 249 g/mol. The average molecular weight is 250 g/mol. The van der Waals surface area contributed by atoms with Gasteiger partial charge in [-0.15, -0.1) is 0 Å². The molecule has 5 heteroatoms. The van der Waals surface area contributed by atoms with E-state index < -0.39 is 0 Å². The fraction of sp³-hybridized carbons (Fsp3) is 0.400. The molecule has 0 aliphatic carbocycles. The van der Waals surface area contributed by atoms with E-state index in [2.05, 4.69) is 0 Å². The molecule has 1 aromatic rings. The van der Waals surface area contributed by atoms with E-state index in [4.69, 9.17) is 38.4 Å². The Morgan fingerprint density at radius 1 is 1.13 bits per heavy atom. The van der Waals surface area contributed by atoms with Crippen molar-refractivity contribution in [1.29, 1.82) is 0 Å². The lowest BCUT2D eigenvalue weighted by Gasteiger charge is -2.08. The van der Waals surface area contributed by atoms with Gasteiger partial charge in [0.2, 0.25) is 0 Å². The molecule has 0 amide bonds. The van der Waals surface area contributed by atoms with Crippen LogP contribution < -0.4 is 10.5 Å². The Balaban J connectivity index is 2.31. The molecule has 84 valence electrons. The van der Waals surface area contributed by atoms with Gasteiger partial charge in [-0.3, -0.25) is 0 Å². The smallest absolute Gasteiger partial charge is 0.138 e. The Kier molecular flexibility index (Phi) is 5.79. The van der Waals surface area contributed by atoms with Crippen LogP contribution in [0.1, 0.15) is 0 Å². The molecule has 0 spiro atoms. The molecule has 0 bridgehead atoms. The molecule has 2 N–H and O–H groups in total. The Labute approximate surface area is 99.1 Å². The molecule has 0 fully saturated rings. The second-order valence-electron chi connectivity index (χ2n) is 2.82. The van der Waals surface area contributed by atoms with Crippen molar-refractivity contribution in [3.63, 3.8) is 0 Å². The summed E-state index contributed by atoms with van der Waals surface area (Å²) in [5.41, 5.74) is 5.26. The molecule has 0 unspecified atom stereocenters. The topological polar surface area (TPSA) is 44.5 Å². The minimum absolute atomic E-state index is 0.446. The van der Waals surface area contributed by atoms with Crippen molar-refractivity contribution in [2.75, 3.05) is 26.4 Å². The van der Waals surface area contributed by atoms with Crippen LogP contribution in [0.4, 0.5) is 0 Å². The molecule has 0 radical (unpaired) electrons. The van der Waals surface area contributed by atoms with Gasteiger partial charge in [-0.2, -0.15) is 0 Å². The predicted molar refractivity (Wildman–Crippen MR) is 61.8 cm³/mol. The van der Waals surface area contributed by atoms with Gasteiger partial charge >= 0.3 is 0 Å². The molecule has 0 saturated heterocycles. The number of halogens is 2. The second-order valence-corrected chi connectivity index (χ2v) is 3.67. The predicted octanol–water partition coefficient (Wildman–Crippen LogP) is 2.35. The standard InChI is InChI=1S/C10H13Cl2NO2/c11-8-1-2-10(9(12)7-8)15-6-5-14-4-3-13/h1-2,7H,3-6,13H2. The summed E-state index contributed by atoms with van der Waals surface area (Å²) in [5, 5.41) is 1.09. The third-order valence-electron chi connectivity index (χ3n) is 1.64. The maximum Gasteiger partial charge on any atom is 0.138 e. The van der Waals surface area contributed by atoms with Gasteiger partial charge in [-0.1, -0.05) is 23.2 Å². The Bertz CT molecular complexity index is 307. The van der Waals surface area contributed by atoms with Gasteiger partial charge in [0.1, 0.15) is 12.4 Å². The van der Waals surface area contributed by atoms with Crippen LogP contribution in [-0.4, -0.2) is 26.4 Å². The number of nitrogens with two attached hydrogens (primary N) is 1. The molecular weight excluding hydrogens is 237 g/mol. The summed E-state index contributed by atoms with van der Waals surface area (Å²) in [5.74, 6) is 0.609. The van der Waals surface area contributed by atoms with Gasteiger partial charge in [0.15, 0.2) is 0 Å². The first-order chi connectivity index (χ1) is 7.24. The molecule has 0 atom stereocenters. The molecule has 1 aromatic carbocycles. The summed E-state index contributed by atoms with van der Waals surface area (Å²) in [6.07, 6.45) is 0. The largest absolute Gasteiger partial charge is 0.490 e. The quantitative estimate of drug-likeness (QED) is 0.788. The lowest BCUT2D eigenvalue weighted by Crippen LogP contribution is -2.13. The van der Waals surface area contributed by atoms with Crippen LogP contribution in [0.3, 0.4) is 0 Å². The van der Waals surface area contributed by atoms with Crippen molar-refractivity contribution in [2.24, 2.45) is 5.73 Å². The minimum Gasteiger partial charge on any atom is -0.490 e. The number of ether oxygens (including phenoxy) is 2. The van der Waals surface area contributed by atoms with Crippen LogP contribution in [0.15, 0.2) is 18.2 Å². The van der Waals surface area contributed by atoms with E-state index >= 15 is 0 Å². The summed E-state index contributed by atoms with van der Waals surface area (Å²) in [6, 6.07) is 5.09. The van der Waals surface area contributed by atoms with Crippen molar-refractivity contribution in [2.45, 2.75) is 0 Å². The van der Waals surface area contributed by atoms with Crippen molar-refractivity contribution < 1.29 is 9.47 Å². The van der Waals surface area contributed by atoms with E-state index in [0.29, 0.717) is 42.2 Å². The highest BCUT2D eigenvalue weighted by Crippen LogP contribution is 2.27. The van der Waals surface area contributed by atoms with Gasteiger partial charge < -0.3 is 15.2 Å². The molecule has 1 rings (SSSR count). The van der Waals surface area contributed by atoms with Crippen molar-refractivity contribution in [3.8, 4) is 5.75 Å². The first-order valence-corrected chi connectivity index (χ1v) is 5.35. The van der Waals surface area contributed by atoms with Gasteiger partial charge in [-0.25, -0.2) is 0 Å². The van der Waals surface area contributed by atoms with E-state index in [1.54, 1.807) is 18.2 Å². The normalized spacial score (nSPS) is 10.3. The third kappa shape index (κ3) is 4.71. The SMILES string of the molecule is NCCOCCOc1ccc(Cl)cc1Cl. The molecule has 3 nitrogen and oxygen atoms in total. The van der Waals surface area contributed by atoms with Crippen LogP contribution in [0, 0.1) is 0 Å². The Hall–Kier alpha value is -0.480. The van der Waals surface area contributed by atoms with Crippen LogP contribution in [0.5, 0.6) is 5.75 Å². The summed E-state index contributed by atoms with van der Waals surface area (Å²) in [7, 11) is 0. The molecule has 0 aromatic heterocycles. The van der Waals surface area contributed by atoms with E-state index in [9.17, 15) is 0 Å². The minimum atomic E-state index is 0.446. The zero-order chi connectivity index (χ0) is 11.1.